The molecular weight excluding hydrogens is 360 g/mol. The Kier molecular flexibility index (Phi) is 6.11. The normalized spacial score (nSPS) is 10.4. The molecule has 1 amide bonds. The standard InChI is InChI=1S/C20H22N4O4/c1-26-17-8-7-14(18(27-2)19(17)28-3)20(25)22-11-13-24-12-9-16(23-24)15-6-4-5-10-21-15/h4-10,12H,11,13H2,1-3H3,(H,22,25). The lowest BCUT2D eigenvalue weighted by atomic mass is 10.1. The van der Waals surface area contributed by atoms with Crippen molar-refractivity contribution >= 4 is 5.91 Å². The van der Waals surface area contributed by atoms with Crippen LogP contribution in [-0.2, 0) is 6.54 Å². The Hall–Kier alpha value is -3.55. The number of rotatable bonds is 8. The molecule has 0 saturated carbocycles. The number of benzene rings is 1. The number of carbonyl (C=O) groups is 1. The van der Waals surface area contributed by atoms with Gasteiger partial charge in [0.05, 0.1) is 39.1 Å². The van der Waals surface area contributed by atoms with Crippen molar-refractivity contribution in [2.45, 2.75) is 6.54 Å². The highest BCUT2D eigenvalue weighted by molar-refractivity contribution is 5.98. The van der Waals surface area contributed by atoms with Crippen molar-refractivity contribution in [2.75, 3.05) is 27.9 Å². The van der Waals surface area contributed by atoms with Crippen molar-refractivity contribution in [2.24, 2.45) is 0 Å². The van der Waals surface area contributed by atoms with Crippen LogP contribution in [0.15, 0.2) is 48.8 Å². The molecule has 0 radical (unpaired) electrons. The van der Waals surface area contributed by atoms with Gasteiger partial charge in [0, 0.05) is 18.9 Å². The fourth-order valence-electron chi connectivity index (χ4n) is 2.80. The van der Waals surface area contributed by atoms with E-state index in [0.29, 0.717) is 35.9 Å². The smallest absolute Gasteiger partial charge is 0.255 e. The number of nitrogens with one attached hydrogen (secondary N) is 1. The van der Waals surface area contributed by atoms with Crippen LogP contribution in [0.25, 0.3) is 11.4 Å². The van der Waals surface area contributed by atoms with Crippen LogP contribution in [0.2, 0.25) is 0 Å². The van der Waals surface area contributed by atoms with Gasteiger partial charge in [-0.25, -0.2) is 0 Å². The van der Waals surface area contributed by atoms with Crippen LogP contribution in [0.1, 0.15) is 10.4 Å². The predicted octanol–water partition coefficient (Wildman–Crippen LogP) is 2.40. The molecule has 0 aliphatic rings. The highest BCUT2D eigenvalue weighted by Gasteiger charge is 2.20. The van der Waals surface area contributed by atoms with E-state index in [2.05, 4.69) is 15.4 Å². The fraction of sp³-hybridized carbons (Fsp3) is 0.250. The van der Waals surface area contributed by atoms with Gasteiger partial charge in [-0.2, -0.15) is 5.10 Å². The van der Waals surface area contributed by atoms with Crippen LogP contribution in [0.3, 0.4) is 0 Å². The first-order chi connectivity index (χ1) is 13.7. The number of carbonyl (C=O) groups excluding carboxylic acids is 1. The van der Waals surface area contributed by atoms with Gasteiger partial charge in [0.25, 0.3) is 5.91 Å². The average Bonchev–Trinajstić information content (AvgIpc) is 3.21. The second-order valence-corrected chi connectivity index (χ2v) is 5.82. The topological polar surface area (TPSA) is 87.5 Å². The summed E-state index contributed by atoms with van der Waals surface area (Å²) in [6.45, 7) is 0.924. The van der Waals surface area contributed by atoms with E-state index < -0.39 is 0 Å². The lowest BCUT2D eigenvalue weighted by Gasteiger charge is -2.15. The number of nitrogens with zero attached hydrogens (tertiary/aromatic N) is 3. The van der Waals surface area contributed by atoms with Crippen LogP contribution in [0, 0.1) is 0 Å². The van der Waals surface area contributed by atoms with Crippen molar-refractivity contribution < 1.29 is 19.0 Å². The molecule has 2 heterocycles. The molecule has 0 bridgehead atoms. The van der Waals surface area contributed by atoms with E-state index in [9.17, 15) is 4.79 Å². The van der Waals surface area contributed by atoms with Crippen LogP contribution in [-0.4, -0.2) is 48.5 Å². The number of methoxy groups -OCH3 is 3. The maximum atomic E-state index is 12.6. The van der Waals surface area contributed by atoms with E-state index in [1.54, 1.807) is 23.0 Å². The Morgan fingerprint density at radius 3 is 2.50 bits per heavy atom. The monoisotopic (exact) mass is 382 g/mol. The Morgan fingerprint density at radius 1 is 1.00 bits per heavy atom. The maximum Gasteiger partial charge on any atom is 0.255 e. The molecule has 2 aromatic heterocycles. The van der Waals surface area contributed by atoms with Gasteiger partial charge < -0.3 is 19.5 Å². The lowest BCUT2D eigenvalue weighted by Crippen LogP contribution is -2.27. The van der Waals surface area contributed by atoms with Crippen molar-refractivity contribution in [3.63, 3.8) is 0 Å². The molecule has 3 rings (SSSR count). The Bertz CT molecular complexity index is 941. The third kappa shape index (κ3) is 4.06. The van der Waals surface area contributed by atoms with Crippen LogP contribution in [0.5, 0.6) is 17.2 Å². The Morgan fingerprint density at radius 2 is 1.82 bits per heavy atom. The molecule has 0 unspecified atom stereocenters. The molecule has 0 aliphatic heterocycles. The summed E-state index contributed by atoms with van der Waals surface area (Å²) in [4.78, 5) is 16.9. The van der Waals surface area contributed by atoms with Gasteiger partial charge in [-0.15, -0.1) is 0 Å². The SMILES string of the molecule is COc1ccc(C(=O)NCCn2ccc(-c3ccccn3)n2)c(OC)c1OC. The minimum Gasteiger partial charge on any atom is -0.493 e. The second-order valence-electron chi connectivity index (χ2n) is 5.82. The maximum absolute atomic E-state index is 12.6. The minimum atomic E-state index is -0.269. The molecule has 8 nitrogen and oxygen atoms in total. The number of aromatic nitrogens is 3. The van der Waals surface area contributed by atoms with Gasteiger partial charge in [-0.1, -0.05) is 6.07 Å². The highest BCUT2D eigenvalue weighted by atomic mass is 16.5. The van der Waals surface area contributed by atoms with Gasteiger partial charge in [0.2, 0.25) is 5.75 Å². The zero-order valence-electron chi connectivity index (χ0n) is 16.0. The van der Waals surface area contributed by atoms with Crippen molar-refractivity contribution in [1.82, 2.24) is 20.1 Å². The number of amides is 1. The molecular formula is C20H22N4O4. The van der Waals surface area contributed by atoms with Gasteiger partial charge in [-0.3, -0.25) is 14.5 Å². The summed E-state index contributed by atoms with van der Waals surface area (Å²) < 4.78 is 17.7. The molecule has 0 spiro atoms. The third-order valence-electron chi connectivity index (χ3n) is 4.14. The molecule has 28 heavy (non-hydrogen) atoms. The van der Waals surface area contributed by atoms with E-state index in [4.69, 9.17) is 14.2 Å². The van der Waals surface area contributed by atoms with Crippen LogP contribution < -0.4 is 19.5 Å². The Labute approximate surface area is 163 Å². The van der Waals surface area contributed by atoms with E-state index in [1.807, 2.05) is 30.5 Å². The van der Waals surface area contributed by atoms with Gasteiger partial charge in [-0.05, 0) is 30.3 Å². The number of hydrogen-bond acceptors (Lipinski definition) is 6. The summed E-state index contributed by atoms with van der Waals surface area (Å²) in [5.41, 5.74) is 1.96. The highest BCUT2D eigenvalue weighted by Crippen LogP contribution is 2.39. The lowest BCUT2D eigenvalue weighted by molar-refractivity contribution is 0.0948. The summed E-state index contributed by atoms with van der Waals surface area (Å²) in [5.74, 6) is 0.935. The molecule has 0 saturated heterocycles. The first kappa shape index (κ1) is 19.2. The molecule has 8 heteroatoms. The molecule has 0 fully saturated rings. The average molecular weight is 382 g/mol. The van der Waals surface area contributed by atoms with E-state index in [0.717, 1.165) is 11.4 Å². The zero-order valence-corrected chi connectivity index (χ0v) is 16.0. The zero-order chi connectivity index (χ0) is 19.9. The molecule has 0 aliphatic carbocycles. The molecule has 1 N–H and O–H groups in total. The van der Waals surface area contributed by atoms with Gasteiger partial charge >= 0.3 is 0 Å². The first-order valence-corrected chi connectivity index (χ1v) is 8.70. The fourth-order valence-corrected chi connectivity index (χ4v) is 2.80. The number of hydrogen-bond donors (Lipinski definition) is 1. The molecule has 146 valence electrons. The van der Waals surface area contributed by atoms with Crippen molar-refractivity contribution in [1.29, 1.82) is 0 Å². The molecule has 1 aromatic carbocycles. The third-order valence-corrected chi connectivity index (χ3v) is 4.14. The minimum absolute atomic E-state index is 0.269. The van der Waals surface area contributed by atoms with Crippen molar-refractivity contribution in [3.8, 4) is 28.6 Å². The summed E-state index contributed by atoms with van der Waals surface area (Å²) in [7, 11) is 4.51. The van der Waals surface area contributed by atoms with E-state index in [-0.39, 0.29) is 5.91 Å². The van der Waals surface area contributed by atoms with Gasteiger partial charge in [0.15, 0.2) is 11.5 Å². The number of pyridine rings is 1. The summed E-state index contributed by atoms with van der Waals surface area (Å²) >= 11 is 0. The summed E-state index contributed by atoms with van der Waals surface area (Å²) in [6.07, 6.45) is 3.58. The quantitative estimate of drug-likeness (QED) is 0.644. The predicted molar refractivity (Wildman–Crippen MR) is 104 cm³/mol. The van der Waals surface area contributed by atoms with Crippen LogP contribution >= 0.6 is 0 Å². The number of ether oxygens (including phenoxy) is 3. The second kappa shape index (κ2) is 8.90. The first-order valence-electron chi connectivity index (χ1n) is 8.70. The van der Waals surface area contributed by atoms with Crippen LogP contribution in [0.4, 0.5) is 0 Å². The molecule has 0 atom stereocenters. The van der Waals surface area contributed by atoms with Gasteiger partial charge in [0.1, 0.15) is 5.69 Å². The Balaban J connectivity index is 1.64. The molecule has 3 aromatic rings. The van der Waals surface area contributed by atoms with E-state index >= 15 is 0 Å². The largest absolute Gasteiger partial charge is 0.493 e. The summed E-state index contributed by atoms with van der Waals surface area (Å²) in [6, 6.07) is 10.9. The summed E-state index contributed by atoms with van der Waals surface area (Å²) in [5, 5.41) is 7.34. The van der Waals surface area contributed by atoms with E-state index in [1.165, 1.54) is 21.3 Å². The van der Waals surface area contributed by atoms with Crippen molar-refractivity contribution in [3.05, 3.63) is 54.4 Å².